The van der Waals surface area contributed by atoms with Crippen LogP contribution in [0.4, 0.5) is 10.5 Å². The number of anilines is 1. The monoisotopic (exact) mass is 395 g/mol. The molecule has 0 aliphatic carbocycles. The van der Waals surface area contributed by atoms with E-state index in [-0.39, 0.29) is 18.2 Å². The molecule has 0 bridgehead atoms. The summed E-state index contributed by atoms with van der Waals surface area (Å²) in [6.07, 6.45) is 2.95. The number of urea groups is 1. The van der Waals surface area contributed by atoms with Gasteiger partial charge in [-0.25, -0.2) is 9.59 Å². The Bertz CT molecular complexity index is 817. The van der Waals surface area contributed by atoms with Gasteiger partial charge in [-0.1, -0.05) is 36.4 Å². The minimum absolute atomic E-state index is 0.0507. The van der Waals surface area contributed by atoms with Crippen LogP contribution in [-0.4, -0.2) is 38.4 Å². The van der Waals surface area contributed by atoms with Crippen LogP contribution in [0.25, 0.3) is 0 Å². The zero-order valence-corrected chi connectivity index (χ0v) is 17.1. The van der Waals surface area contributed by atoms with E-state index >= 15 is 0 Å². The van der Waals surface area contributed by atoms with Crippen molar-refractivity contribution in [1.29, 1.82) is 0 Å². The number of rotatable bonds is 6. The summed E-state index contributed by atoms with van der Waals surface area (Å²) >= 11 is 0. The number of nitrogens with one attached hydrogen (secondary N) is 2. The molecule has 29 heavy (non-hydrogen) atoms. The van der Waals surface area contributed by atoms with E-state index in [0.29, 0.717) is 23.8 Å². The standard InChI is InChI=1S/C23H29N3O3/c1-3-29-22(27)19-10-7-11-20(15-19)26(2)23(28)25-21-13-12-18(16-24-21)14-17-8-5-4-6-9-17/h4-11,15,18,21,24H,3,12-14,16H2,1-2H3,(H,25,28)/t18-,21+/m1/s1. The van der Waals surface area contributed by atoms with Crippen molar-refractivity contribution in [3.05, 3.63) is 65.7 Å². The number of nitrogens with zero attached hydrogens (tertiary/aromatic N) is 1. The fraction of sp³-hybridized carbons (Fsp3) is 0.391. The molecular formula is C23H29N3O3. The second-order valence-corrected chi connectivity index (χ2v) is 7.37. The van der Waals surface area contributed by atoms with Crippen LogP contribution in [-0.2, 0) is 11.2 Å². The quantitative estimate of drug-likeness (QED) is 0.734. The van der Waals surface area contributed by atoms with Gasteiger partial charge in [0, 0.05) is 19.3 Å². The van der Waals surface area contributed by atoms with Crippen LogP contribution in [0, 0.1) is 5.92 Å². The van der Waals surface area contributed by atoms with Crippen molar-refractivity contribution in [2.45, 2.75) is 32.4 Å². The van der Waals surface area contributed by atoms with Crippen LogP contribution in [0.15, 0.2) is 54.6 Å². The van der Waals surface area contributed by atoms with Crippen LogP contribution in [0.5, 0.6) is 0 Å². The van der Waals surface area contributed by atoms with Crippen LogP contribution in [0.2, 0.25) is 0 Å². The molecule has 6 heteroatoms. The summed E-state index contributed by atoms with van der Waals surface area (Å²) in [5, 5.41) is 6.48. The maximum atomic E-state index is 12.6. The Balaban J connectivity index is 1.50. The van der Waals surface area contributed by atoms with Gasteiger partial charge >= 0.3 is 12.0 Å². The van der Waals surface area contributed by atoms with Crippen LogP contribution in [0.3, 0.4) is 0 Å². The molecule has 1 aliphatic rings. The molecule has 3 rings (SSSR count). The third-order valence-electron chi connectivity index (χ3n) is 5.23. The molecule has 1 saturated heterocycles. The van der Waals surface area contributed by atoms with E-state index in [2.05, 4.69) is 34.9 Å². The largest absolute Gasteiger partial charge is 0.462 e. The highest BCUT2D eigenvalue weighted by atomic mass is 16.5. The van der Waals surface area contributed by atoms with Gasteiger partial charge in [-0.2, -0.15) is 0 Å². The van der Waals surface area contributed by atoms with E-state index in [1.165, 1.54) is 10.5 Å². The lowest BCUT2D eigenvalue weighted by Crippen LogP contribution is -2.53. The Morgan fingerprint density at radius 2 is 1.93 bits per heavy atom. The van der Waals surface area contributed by atoms with Crippen molar-refractivity contribution in [1.82, 2.24) is 10.6 Å². The van der Waals surface area contributed by atoms with E-state index in [4.69, 9.17) is 4.74 Å². The van der Waals surface area contributed by atoms with E-state index in [1.807, 2.05) is 6.07 Å². The maximum Gasteiger partial charge on any atom is 0.338 e. The number of piperidine rings is 1. The number of hydrogen-bond acceptors (Lipinski definition) is 4. The number of hydrogen-bond donors (Lipinski definition) is 2. The first-order valence-electron chi connectivity index (χ1n) is 10.2. The van der Waals surface area contributed by atoms with Gasteiger partial charge in [0.2, 0.25) is 0 Å². The lowest BCUT2D eigenvalue weighted by Gasteiger charge is -2.32. The van der Waals surface area contributed by atoms with E-state index in [0.717, 1.165) is 25.8 Å². The van der Waals surface area contributed by atoms with Crippen molar-refractivity contribution in [3.8, 4) is 0 Å². The minimum atomic E-state index is -0.387. The number of esters is 1. The average Bonchev–Trinajstić information content (AvgIpc) is 2.75. The Morgan fingerprint density at radius 1 is 1.14 bits per heavy atom. The maximum absolute atomic E-state index is 12.6. The predicted molar refractivity (Wildman–Crippen MR) is 114 cm³/mol. The minimum Gasteiger partial charge on any atom is -0.462 e. The van der Waals surface area contributed by atoms with Crippen molar-refractivity contribution in [2.75, 3.05) is 25.1 Å². The molecule has 2 N–H and O–H groups in total. The first kappa shape index (κ1) is 20.9. The zero-order chi connectivity index (χ0) is 20.6. The van der Waals surface area contributed by atoms with Crippen molar-refractivity contribution in [2.24, 2.45) is 5.92 Å². The van der Waals surface area contributed by atoms with Gasteiger partial charge in [-0.15, -0.1) is 0 Å². The molecule has 6 nitrogen and oxygen atoms in total. The number of carbonyl (C=O) groups is 2. The summed E-state index contributed by atoms with van der Waals surface area (Å²) in [4.78, 5) is 26.1. The Hall–Kier alpha value is -2.86. The van der Waals surface area contributed by atoms with Gasteiger partial charge in [-0.3, -0.25) is 10.2 Å². The molecule has 2 aromatic carbocycles. The highest BCUT2D eigenvalue weighted by Crippen LogP contribution is 2.19. The highest BCUT2D eigenvalue weighted by Gasteiger charge is 2.23. The van der Waals surface area contributed by atoms with Crippen molar-refractivity contribution < 1.29 is 14.3 Å². The summed E-state index contributed by atoms with van der Waals surface area (Å²) in [6.45, 7) is 2.96. The first-order chi connectivity index (χ1) is 14.1. The summed E-state index contributed by atoms with van der Waals surface area (Å²) in [7, 11) is 1.70. The molecule has 2 aromatic rings. The molecule has 0 saturated carbocycles. The predicted octanol–water partition coefficient (Wildman–Crippen LogP) is 3.58. The molecule has 1 aliphatic heterocycles. The average molecular weight is 396 g/mol. The first-order valence-corrected chi connectivity index (χ1v) is 10.2. The fourth-order valence-corrected chi connectivity index (χ4v) is 3.58. The lowest BCUT2D eigenvalue weighted by molar-refractivity contribution is 0.0526. The van der Waals surface area contributed by atoms with Gasteiger partial charge in [0.25, 0.3) is 0 Å². The van der Waals surface area contributed by atoms with Crippen LogP contribution < -0.4 is 15.5 Å². The zero-order valence-electron chi connectivity index (χ0n) is 17.1. The number of benzene rings is 2. The Kier molecular flexibility index (Phi) is 7.25. The molecule has 1 fully saturated rings. The van der Waals surface area contributed by atoms with Crippen LogP contribution in [0.1, 0.15) is 35.7 Å². The number of carbonyl (C=O) groups excluding carboxylic acids is 2. The molecule has 0 spiro atoms. The normalized spacial score (nSPS) is 18.7. The number of ether oxygens (including phenoxy) is 1. The second-order valence-electron chi connectivity index (χ2n) is 7.37. The fourth-order valence-electron chi connectivity index (χ4n) is 3.58. The lowest BCUT2D eigenvalue weighted by atomic mass is 9.91. The van der Waals surface area contributed by atoms with Crippen molar-refractivity contribution in [3.63, 3.8) is 0 Å². The molecule has 2 atom stereocenters. The van der Waals surface area contributed by atoms with Crippen LogP contribution >= 0.6 is 0 Å². The van der Waals surface area contributed by atoms with Gasteiger partial charge in [0.15, 0.2) is 0 Å². The highest BCUT2D eigenvalue weighted by molar-refractivity contribution is 5.95. The molecule has 0 unspecified atom stereocenters. The topological polar surface area (TPSA) is 70.7 Å². The van der Waals surface area contributed by atoms with E-state index in [9.17, 15) is 9.59 Å². The van der Waals surface area contributed by atoms with E-state index < -0.39 is 0 Å². The van der Waals surface area contributed by atoms with Gasteiger partial charge in [0.05, 0.1) is 18.3 Å². The Morgan fingerprint density at radius 3 is 2.62 bits per heavy atom. The summed E-state index contributed by atoms with van der Waals surface area (Å²) in [5.74, 6) is 0.186. The summed E-state index contributed by atoms with van der Waals surface area (Å²) in [6, 6.07) is 17.2. The molecule has 154 valence electrons. The number of amides is 2. The third-order valence-corrected chi connectivity index (χ3v) is 5.23. The van der Waals surface area contributed by atoms with Gasteiger partial charge in [-0.05, 0) is 55.9 Å². The SMILES string of the molecule is CCOC(=O)c1cccc(N(C)C(=O)N[C@H]2CC[C@H](Cc3ccccc3)CN2)c1. The molecule has 0 radical (unpaired) electrons. The molecule has 2 amide bonds. The van der Waals surface area contributed by atoms with Gasteiger partial charge < -0.3 is 10.1 Å². The Labute approximate surface area is 172 Å². The van der Waals surface area contributed by atoms with E-state index in [1.54, 1.807) is 38.2 Å². The molecule has 0 aromatic heterocycles. The van der Waals surface area contributed by atoms with Crippen molar-refractivity contribution >= 4 is 17.7 Å². The summed E-state index contributed by atoms with van der Waals surface area (Å²) in [5.41, 5.74) is 2.43. The van der Waals surface area contributed by atoms with Gasteiger partial charge in [0.1, 0.15) is 0 Å². The molecule has 1 heterocycles. The molecular weight excluding hydrogens is 366 g/mol. The summed E-state index contributed by atoms with van der Waals surface area (Å²) < 4.78 is 5.03. The smallest absolute Gasteiger partial charge is 0.338 e. The third kappa shape index (κ3) is 5.81. The second kappa shape index (κ2) is 10.1.